The van der Waals surface area contributed by atoms with Crippen LogP contribution in [0.4, 0.5) is 14.5 Å². The molecule has 1 aromatic rings. The van der Waals surface area contributed by atoms with E-state index < -0.39 is 29.6 Å². The Bertz CT molecular complexity index is 560. The molecule has 5 nitrogen and oxygen atoms in total. The van der Waals surface area contributed by atoms with Crippen molar-refractivity contribution in [2.45, 2.75) is 31.8 Å². The number of amides is 2. The van der Waals surface area contributed by atoms with Crippen molar-refractivity contribution >= 4 is 17.5 Å². The topological polar surface area (TPSA) is 78.4 Å². The van der Waals surface area contributed by atoms with Crippen molar-refractivity contribution in [2.24, 2.45) is 5.92 Å². The third kappa shape index (κ3) is 4.24. The van der Waals surface area contributed by atoms with Crippen LogP contribution in [0.1, 0.15) is 25.7 Å². The van der Waals surface area contributed by atoms with Gasteiger partial charge in [-0.3, -0.25) is 9.59 Å². The summed E-state index contributed by atoms with van der Waals surface area (Å²) in [5.74, 6) is -3.93. The fourth-order valence-corrected chi connectivity index (χ4v) is 2.55. The van der Waals surface area contributed by atoms with E-state index in [1.807, 2.05) is 0 Å². The predicted octanol–water partition coefficient (Wildman–Crippen LogP) is 1.57. The first-order valence-electron chi connectivity index (χ1n) is 7.19. The zero-order valence-corrected chi connectivity index (χ0v) is 11.9. The quantitative estimate of drug-likeness (QED) is 0.739. The van der Waals surface area contributed by atoms with Gasteiger partial charge in [0.1, 0.15) is 0 Å². The maximum atomic E-state index is 13.0. The second kappa shape index (κ2) is 7.31. The summed E-state index contributed by atoms with van der Waals surface area (Å²) >= 11 is 0. The molecule has 1 aliphatic rings. The van der Waals surface area contributed by atoms with Gasteiger partial charge in [0, 0.05) is 18.3 Å². The first kappa shape index (κ1) is 16.4. The molecular formula is C15H18F2N2O3. The van der Waals surface area contributed by atoms with E-state index in [1.165, 1.54) is 0 Å². The Labute approximate surface area is 126 Å². The highest BCUT2D eigenvalue weighted by atomic mass is 19.2. The largest absolute Gasteiger partial charge is 0.391 e. The summed E-state index contributed by atoms with van der Waals surface area (Å²) in [5, 5.41) is 14.4. The van der Waals surface area contributed by atoms with Crippen LogP contribution in [-0.2, 0) is 9.59 Å². The van der Waals surface area contributed by atoms with Crippen LogP contribution in [0.5, 0.6) is 0 Å². The molecule has 120 valence electrons. The first-order chi connectivity index (χ1) is 10.5. The number of anilines is 1. The summed E-state index contributed by atoms with van der Waals surface area (Å²) in [7, 11) is 0. The third-order valence-electron chi connectivity index (χ3n) is 3.80. The minimum atomic E-state index is -1.12. The van der Waals surface area contributed by atoms with Crippen molar-refractivity contribution in [2.75, 3.05) is 11.9 Å². The second-order valence-corrected chi connectivity index (χ2v) is 5.40. The zero-order valence-electron chi connectivity index (χ0n) is 11.9. The van der Waals surface area contributed by atoms with Crippen LogP contribution >= 0.6 is 0 Å². The SMILES string of the molecule is O=C(NCC(O)C1CCCC1)C(=O)Nc1ccc(F)c(F)c1. The molecule has 0 saturated heterocycles. The Hall–Kier alpha value is -2.02. The number of aliphatic hydroxyl groups is 1. The monoisotopic (exact) mass is 312 g/mol. The Balaban J connectivity index is 1.81. The molecule has 22 heavy (non-hydrogen) atoms. The summed E-state index contributed by atoms with van der Waals surface area (Å²) in [4.78, 5) is 23.2. The molecule has 1 fully saturated rings. The molecule has 0 aliphatic heterocycles. The number of halogens is 2. The van der Waals surface area contributed by atoms with Gasteiger partial charge in [-0.05, 0) is 30.9 Å². The van der Waals surface area contributed by atoms with Crippen LogP contribution in [0.3, 0.4) is 0 Å². The lowest BCUT2D eigenvalue weighted by Gasteiger charge is -2.17. The molecule has 7 heteroatoms. The van der Waals surface area contributed by atoms with E-state index in [-0.39, 0.29) is 18.2 Å². The van der Waals surface area contributed by atoms with E-state index in [0.29, 0.717) is 0 Å². The van der Waals surface area contributed by atoms with Crippen LogP contribution in [0.2, 0.25) is 0 Å². The predicted molar refractivity (Wildman–Crippen MR) is 76.0 cm³/mol. The number of hydrogen-bond acceptors (Lipinski definition) is 3. The van der Waals surface area contributed by atoms with E-state index in [9.17, 15) is 23.5 Å². The highest BCUT2D eigenvalue weighted by molar-refractivity contribution is 6.39. The molecular weight excluding hydrogens is 294 g/mol. The first-order valence-corrected chi connectivity index (χ1v) is 7.19. The lowest BCUT2D eigenvalue weighted by atomic mass is 10.0. The minimum Gasteiger partial charge on any atom is -0.391 e. The Morgan fingerprint density at radius 1 is 1.18 bits per heavy atom. The summed E-state index contributed by atoms with van der Waals surface area (Å²) in [6.45, 7) is -0.00526. The zero-order chi connectivity index (χ0) is 16.1. The van der Waals surface area contributed by atoms with Gasteiger partial charge in [0.15, 0.2) is 11.6 Å². The lowest BCUT2D eigenvalue weighted by Crippen LogP contribution is -2.41. The summed E-state index contributed by atoms with van der Waals surface area (Å²) < 4.78 is 25.8. The number of benzene rings is 1. The average molecular weight is 312 g/mol. The van der Waals surface area contributed by atoms with Gasteiger partial charge in [0.25, 0.3) is 0 Å². The molecule has 3 N–H and O–H groups in total. The van der Waals surface area contributed by atoms with Crippen LogP contribution in [-0.4, -0.2) is 29.6 Å². The second-order valence-electron chi connectivity index (χ2n) is 5.40. The van der Waals surface area contributed by atoms with Crippen LogP contribution in [0, 0.1) is 17.6 Å². The molecule has 1 unspecified atom stereocenters. The third-order valence-corrected chi connectivity index (χ3v) is 3.80. The van der Waals surface area contributed by atoms with Gasteiger partial charge in [-0.25, -0.2) is 8.78 Å². The van der Waals surface area contributed by atoms with Crippen LogP contribution in [0.25, 0.3) is 0 Å². The molecule has 0 spiro atoms. The number of carbonyl (C=O) groups excluding carboxylic acids is 2. The molecule has 1 atom stereocenters. The van der Waals surface area contributed by atoms with Gasteiger partial charge in [-0.15, -0.1) is 0 Å². The van der Waals surface area contributed by atoms with E-state index in [0.717, 1.165) is 43.9 Å². The minimum absolute atomic E-state index is 0.00526. The van der Waals surface area contributed by atoms with Crippen molar-refractivity contribution in [3.05, 3.63) is 29.8 Å². The molecule has 1 aromatic carbocycles. The number of rotatable bonds is 4. The maximum Gasteiger partial charge on any atom is 0.313 e. The van der Waals surface area contributed by atoms with Gasteiger partial charge in [-0.1, -0.05) is 12.8 Å². The van der Waals surface area contributed by atoms with Crippen molar-refractivity contribution < 1.29 is 23.5 Å². The molecule has 2 rings (SSSR count). The molecule has 0 aromatic heterocycles. The molecule has 1 saturated carbocycles. The number of nitrogens with one attached hydrogen (secondary N) is 2. The van der Waals surface area contributed by atoms with Crippen LogP contribution in [0.15, 0.2) is 18.2 Å². The van der Waals surface area contributed by atoms with Crippen molar-refractivity contribution in [3.63, 3.8) is 0 Å². The van der Waals surface area contributed by atoms with Crippen molar-refractivity contribution in [1.82, 2.24) is 5.32 Å². The van der Waals surface area contributed by atoms with Gasteiger partial charge in [0.2, 0.25) is 0 Å². The van der Waals surface area contributed by atoms with E-state index in [4.69, 9.17) is 0 Å². The normalized spacial score (nSPS) is 16.3. The maximum absolute atomic E-state index is 13.0. The Morgan fingerprint density at radius 2 is 1.86 bits per heavy atom. The Morgan fingerprint density at radius 3 is 2.50 bits per heavy atom. The number of hydrogen-bond donors (Lipinski definition) is 3. The standard InChI is InChI=1S/C15H18F2N2O3/c16-11-6-5-10(7-12(11)17)19-15(22)14(21)18-8-13(20)9-3-1-2-4-9/h5-7,9,13,20H,1-4,8H2,(H,18,21)(H,19,22). The van der Waals surface area contributed by atoms with Crippen molar-refractivity contribution in [1.29, 1.82) is 0 Å². The van der Waals surface area contributed by atoms with Gasteiger partial charge in [0.05, 0.1) is 6.10 Å². The molecule has 1 aliphatic carbocycles. The highest BCUT2D eigenvalue weighted by Gasteiger charge is 2.24. The smallest absolute Gasteiger partial charge is 0.313 e. The average Bonchev–Trinajstić information content (AvgIpc) is 3.02. The number of aliphatic hydroxyl groups excluding tert-OH is 1. The van der Waals surface area contributed by atoms with Crippen LogP contribution < -0.4 is 10.6 Å². The van der Waals surface area contributed by atoms with Gasteiger partial charge >= 0.3 is 11.8 Å². The van der Waals surface area contributed by atoms with E-state index in [2.05, 4.69) is 10.6 Å². The fourth-order valence-electron chi connectivity index (χ4n) is 2.55. The summed E-state index contributed by atoms with van der Waals surface area (Å²) in [6, 6.07) is 2.79. The molecule has 0 heterocycles. The summed E-state index contributed by atoms with van der Waals surface area (Å²) in [5.41, 5.74) is -0.0182. The van der Waals surface area contributed by atoms with Gasteiger partial charge in [-0.2, -0.15) is 0 Å². The summed E-state index contributed by atoms with van der Waals surface area (Å²) in [6.07, 6.45) is 3.27. The number of carbonyl (C=O) groups is 2. The van der Waals surface area contributed by atoms with Gasteiger partial charge < -0.3 is 15.7 Å². The molecule has 0 radical (unpaired) electrons. The highest BCUT2D eigenvalue weighted by Crippen LogP contribution is 2.27. The van der Waals surface area contributed by atoms with E-state index >= 15 is 0 Å². The van der Waals surface area contributed by atoms with Crippen molar-refractivity contribution in [3.8, 4) is 0 Å². The lowest BCUT2D eigenvalue weighted by molar-refractivity contribution is -0.136. The molecule has 0 bridgehead atoms. The Kier molecular flexibility index (Phi) is 5.43. The molecule has 2 amide bonds. The van der Waals surface area contributed by atoms with E-state index in [1.54, 1.807) is 0 Å². The fraction of sp³-hybridized carbons (Fsp3) is 0.467.